The van der Waals surface area contributed by atoms with Crippen LogP contribution in [0, 0.1) is 11.3 Å². The topological polar surface area (TPSA) is 107 Å². The molecule has 0 aliphatic rings. The molecule has 0 radical (unpaired) electrons. The van der Waals surface area contributed by atoms with Crippen molar-refractivity contribution in [1.29, 1.82) is 0 Å². The lowest BCUT2D eigenvalue weighted by Gasteiger charge is -2.28. The maximum Gasteiger partial charge on any atom is 0.311 e. The molecule has 9 heteroatoms. The van der Waals surface area contributed by atoms with Crippen molar-refractivity contribution in [1.82, 2.24) is 4.90 Å². The molecule has 1 atom stereocenters. The minimum absolute atomic E-state index is 0.00275. The summed E-state index contributed by atoms with van der Waals surface area (Å²) in [5.41, 5.74) is 0.146. The van der Waals surface area contributed by atoms with Gasteiger partial charge in [-0.2, -0.15) is 0 Å². The summed E-state index contributed by atoms with van der Waals surface area (Å²) in [5, 5.41) is 1.69. The van der Waals surface area contributed by atoms with E-state index in [1.165, 1.54) is 0 Å². The number of ether oxygens (including phenoxy) is 2. The number of esters is 2. The largest absolute Gasteiger partial charge is 0.463 e. The van der Waals surface area contributed by atoms with Crippen molar-refractivity contribution in [3.63, 3.8) is 0 Å². The molecule has 0 saturated carbocycles. The maximum atomic E-state index is 14.0. The molecule has 0 saturated heterocycles. The molecule has 3 rings (SSSR count). The second-order valence-corrected chi connectivity index (χ2v) is 14.1. The van der Waals surface area contributed by atoms with Gasteiger partial charge in [0.2, 0.25) is 5.91 Å². The van der Waals surface area contributed by atoms with Crippen molar-refractivity contribution in [2.75, 3.05) is 25.4 Å². The average molecular weight is 624 g/mol. The standard InChI is InChI=1S/C35H45NO7S/c1-5-6-12-21-36(22-23-42-34(39)35(2,3)4)33(38)30(18-20-32(37)43-25-27-13-8-7-9-14-27)26-44(40,41)31-19-17-28-15-10-11-16-29(28)24-31/h7-11,13-17,19,24,30H,5-6,12,18,20-23,25-26H2,1-4H3. The fraction of sp³-hybridized carbons (Fsp3) is 0.457. The van der Waals surface area contributed by atoms with E-state index in [0.29, 0.717) is 6.54 Å². The maximum absolute atomic E-state index is 14.0. The zero-order chi connectivity index (χ0) is 32.2. The zero-order valence-corrected chi connectivity index (χ0v) is 27.1. The van der Waals surface area contributed by atoms with Crippen molar-refractivity contribution >= 4 is 38.5 Å². The first-order valence-corrected chi connectivity index (χ1v) is 16.9. The minimum atomic E-state index is -3.90. The highest BCUT2D eigenvalue weighted by Crippen LogP contribution is 2.24. The molecule has 0 aromatic heterocycles. The molecule has 44 heavy (non-hydrogen) atoms. The third kappa shape index (κ3) is 10.8. The van der Waals surface area contributed by atoms with Crippen molar-refractivity contribution in [2.24, 2.45) is 11.3 Å². The minimum Gasteiger partial charge on any atom is -0.463 e. The highest BCUT2D eigenvalue weighted by molar-refractivity contribution is 7.91. The van der Waals surface area contributed by atoms with Crippen LogP contribution in [0.25, 0.3) is 10.8 Å². The number of carbonyl (C=O) groups is 3. The number of benzene rings is 3. The molecule has 0 fully saturated rings. The Morgan fingerprint density at radius 2 is 1.52 bits per heavy atom. The van der Waals surface area contributed by atoms with Gasteiger partial charge in [-0.25, -0.2) is 8.42 Å². The third-order valence-corrected chi connectivity index (χ3v) is 9.15. The van der Waals surface area contributed by atoms with Gasteiger partial charge in [-0.1, -0.05) is 80.4 Å². The molecule has 3 aromatic rings. The number of amides is 1. The Kier molecular flexibility index (Phi) is 12.9. The fourth-order valence-electron chi connectivity index (χ4n) is 4.71. The van der Waals surface area contributed by atoms with Crippen LogP contribution in [-0.4, -0.2) is 56.6 Å². The van der Waals surface area contributed by atoms with Crippen LogP contribution in [-0.2, 0) is 40.3 Å². The summed E-state index contributed by atoms with van der Waals surface area (Å²) >= 11 is 0. The van der Waals surface area contributed by atoms with Gasteiger partial charge in [-0.15, -0.1) is 0 Å². The molecule has 0 heterocycles. The molecule has 8 nitrogen and oxygen atoms in total. The van der Waals surface area contributed by atoms with Gasteiger partial charge >= 0.3 is 11.9 Å². The summed E-state index contributed by atoms with van der Waals surface area (Å²) in [6.45, 7) is 7.93. The Bertz CT molecular complexity index is 1500. The molecule has 3 aromatic carbocycles. The van der Waals surface area contributed by atoms with Crippen LogP contribution in [0.2, 0.25) is 0 Å². The number of carbonyl (C=O) groups excluding carboxylic acids is 3. The lowest BCUT2D eigenvalue weighted by molar-refractivity contribution is -0.155. The number of rotatable bonds is 16. The molecule has 1 amide bonds. The van der Waals surface area contributed by atoms with Gasteiger partial charge in [0.05, 0.1) is 28.5 Å². The lowest BCUT2D eigenvalue weighted by atomic mass is 9.97. The molecule has 1 unspecified atom stereocenters. The van der Waals surface area contributed by atoms with E-state index in [1.54, 1.807) is 43.9 Å². The highest BCUT2D eigenvalue weighted by atomic mass is 32.2. The summed E-state index contributed by atoms with van der Waals surface area (Å²) in [6.07, 6.45) is 2.44. The van der Waals surface area contributed by atoms with E-state index in [0.717, 1.165) is 35.6 Å². The number of hydrogen-bond donors (Lipinski definition) is 0. The Hall–Kier alpha value is -3.72. The Morgan fingerprint density at radius 3 is 2.20 bits per heavy atom. The molecule has 0 aliphatic heterocycles. The number of unbranched alkanes of at least 4 members (excludes halogenated alkanes) is 2. The fourth-order valence-corrected chi connectivity index (χ4v) is 6.32. The third-order valence-electron chi connectivity index (χ3n) is 7.34. The van der Waals surface area contributed by atoms with E-state index < -0.39 is 32.9 Å². The first-order chi connectivity index (χ1) is 20.9. The van der Waals surface area contributed by atoms with Crippen molar-refractivity contribution in [3.05, 3.63) is 78.4 Å². The van der Waals surface area contributed by atoms with E-state index in [9.17, 15) is 22.8 Å². The first kappa shape index (κ1) is 34.8. The SMILES string of the molecule is CCCCCN(CCOC(=O)C(C)(C)C)C(=O)C(CCC(=O)OCc1ccccc1)CS(=O)(=O)c1ccc2ccccc2c1. The summed E-state index contributed by atoms with van der Waals surface area (Å²) in [4.78, 5) is 40.7. The second-order valence-electron chi connectivity index (χ2n) is 12.1. The summed E-state index contributed by atoms with van der Waals surface area (Å²) in [7, 11) is -3.90. The normalized spacial score (nSPS) is 12.5. The van der Waals surface area contributed by atoms with Gasteiger partial charge < -0.3 is 14.4 Å². The number of fused-ring (bicyclic) bond motifs is 1. The summed E-state index contributed by atoms with van der Waals surface area (Å²) in [6, 6.07) is 21.6. The Morgan fingerprint density at radius 1 is 0.841 bits per heavy atom. The van der Waals surface area contributed by atoms with Gasteiger partial charge in [0, 0.05) is 13.0 Å². The van der Waals surface area contributed by atoms with E-state index >= 15 is 0 Å². The molecule has 238 valence electrons. The smallest absolute Gasteiger partial charge is 0.311 e. The van der Waals surface area contributed by atoms with Gasteiger partial charge in [-0.3, -0.25) is 14.4 Å². The highest BCUT2D eigenvalue weighted by Gasteiger charge is 2.31. The Balaban J connectivity index is 1.80. The quantitative estimate of drug-likeness (QED) is 0.135. The van der Waals surface area contributed by atoms with Gasteiger partial charge in [0.25, 0.3) is 0 Å². The van der Waals surface area contributed by atoms with Gasteiger partial charge in [-0.05, 0) is 62.1 Å². The van der Waals surface area contributed by atoms with Crippen LogP contribution >= 0.6 is 0 Å². The van der Waals surface area contributed by atoms with Crippen LogP contribution in [0.5, 0.6) is 0 Å². The first-order valence-electron chi connectivity index (χ1n) is 15.3. The molecule has 0 bridgehead atoms. The van der Waals surface area contributed by atoms with Gasteiger partial charge in [0.1, 0.15) is 13.2 Å². The number of hydrogen-bond acceptors (Lipinski definition) is 7. The molecule has 0 spiro atoms. The Labute approximate surface area is 261 Å². The monoisotopic (exact) mass is 623 g/mol. The number of sulfone groups is 1. The van der Waals surface area contributed by atoms with Gasteiger partial charge in [0.15, 0.2) is 9.84 Å². The van der Waals surface area contributed by atoms with Crippen LogP contribution in [0.3, 0.4) is 0 Å². The van der Waals surface area contributed by atoms with E-state index in [1.807, 2.05) is 54.6 Å². The summed E-state index contributed by atoms with van der Waals surface area (Å²) in [5.74, 6) is -2.72. The van der Waals surface area contributed by atoms with E-state index in [4.69, 9.17) is 9.47 Å². The predicted molar refractivity (Wildman–Crippen MR) is 171 cm³/mol. The van der Waals surface area contributed by atoms with Crippen LogP contribution < -0.4 is 0 Å². The predicted octanol–water partition coefficient (Wildman–Crippen LogP) is 6.36. The zero-order valence-electron chi connectivity index (χ0n) is 26.3. The molecular weight excluding hydrogens is 578 g/mol. The molecular formula is C35H45NO7S. The van der Waals surface area contributed by atoms with Crippen LogP contribution in [0.1, 0.15) is 65.4 Å². The number of nitrogens with zero attached hydrogens (tertiary/aromatic N) is 1. The molecule has 0 N–H and O–H groups in total. The van der Waals surface area contributed by atoms with E-state index in [2.05, 4.69) is 6.92 Å². The lowest BCUT2D eigenvalue weighted by Crippen LogP contribution is -2.42. The van der Waals surface area contributed by atoms with Crippen molar-refractivity contribution in [2.45, 2.75) is 71.3 Å². The van der Waals surface area contributed by atoms with Crippen LogP contribution in [0.15, 0.2) is 77.7 Å². The van der Waals surface area contributed by atoms with Crippen molar-refractivity contribution in [3.8, 4) is 0 Å². The van der Waals surface area contributed by atoms with E-state index in [-0.39, 0.29) is 49.4 Å². The molecule has 0 aliphatic carbocycles. The average Bonchev–Trinajstić information content (AvgIpc) is 3.00. The van der Waals surface area contributed by atoms with Crippen LogP contribution in [0.4, 0.5) is 0 Å². The summed E-state index contributed by atoms with van der Waals surface area (Å²) < 4.78 is 38.2. The van der Waals surface area contributed by atoms with Crippen molar-refractivity contribution < 1.29 is 32.3 Å². The second kappa shape index (κ2) is 16.4.